The zero-order valence-electron chi connectivity index (χ0n) is 9.90. The third-order valence-electron chi connectivity index (χ3n) is 3.29. The Kier molecular flexibility index (Phi) is 4.51. The van der Waals surface area contributed by atoms with Gasteiger partial charge in [0.15, 0.2) is 0 Å². The monoisotopic (exact) mass is 331 g/mol. The zero-order valence-corrected chi connectivity index (χ0v) is 12.2. The fraction of sp³-hybridized carbons (Fsp3) is 0.462. The van der Waals surface area contributed by atoms with Gasteiger partial charge in [-0.15, -0.1) is 0 Å². The highest BCUT2D eigenvalue weighted by atomic mass is 79.9. The summed E-state index contributed by atoms with van der Waals surface area (Å²) in [5, 5.41) is 11.0. The van der Waals surface area contributed by atoms with Crippen molar-refractivity contribution in [2.24, 2.45) is 0 Å². The Bertz CT molecular complexity index is 449. The highest BCUT2D eigenvalue weighted by molar-refractivity contribution is 9.09. The first-order valence-electron chi connectivity index (χ1n) is 5.99. The SMILES string of the molecule is O=C(c1cc(Cl)ccc1O)N(CCBr)C1CCC1. The lowest BCUT2D eigenvalue weighted by molar-refractivity contribution is 0.0596. The first-order chi connectivity index (χ1) is 8.63. The van der Waals surface area contributed by atoms with E-state index in [1.165, 1.54) is 12.1 Å². The predicted octanol–water partition coefficient (Wildman–Crippen LogP) is 3.44. The van der Waals surface area contributed by atoms with Crippen molar-refractivity contribution in [3.8, 4) is 5.75 Å². The Balaban J connectivity index is 2.23. The number of nitrogens with zero attached hydrogens (tertiary/aromatic N) is 1. The average Bonchev–Trinajstić information content (AvgIpc) is 2.28. The standard InChI is InChI=1S/C13H15BrClNO2/c14-6-7-16(10-2-1-3-10)13(18)11-8-9(15)4-5-12(11)17/h4-5,8,10,17H,1-3,6-7H2. The fourth-order valence-electron chi connectivity index (χ4n) is 2.07. The van der Waals surface area contributed by atoms with E-state index in [0.717, 1.165) is 24.6 Å². The molecule has 0 atom stereocenters. The van der Waals surface area contributed by atoms with Gasteiger partial charge in [-0.25, -0.2) is 0 Å². The van der Waals surface area contributed by atoms with Crippen LogP contribution in [-0.2, 0) is 0 Å². The molecule has 1 amide bonds. The molecule has 3 nitrogen and oxygen atoms in total. The number of halogens is 2. The number of amides is 1. The van der Waals surface area contributed by atoms with Crippen molar-refractivity contribution in [1.29, 1.82) is 0 Å². The molecule has 0 radical (unpaired) electrons. The summed E-state index contributed by atoms with van der Waals surface area (Å²) >= 11 is 9.24. The molecule has 0 unspecified atom stereocenters. The summed E-state index contributed by atoms with van der Waals surface area (Å²) in [4.78, 5) is 14.3. The minimum absolute atomic E-state index is 0.0108. The van der Waals surface area contributed by atoms with E-state index < -0.39 is 0 Å². The molecule has 1 saturated carbocycles. The third kappa shape index (κ3) is 2.81. The zero-order chi connectivity index (χ0) is 13.1. The number of alkyl halides is 1. The summed E-state index contributed by atoms with van der Waals surface area (Å²) in [7, 11) is 0. The number of phenolic OH excluding ortho intramolecular Hbond substituents is 1. The fourth-order valence-corrected chi connectivity index (χ4v) is 2.63. The number of carbonyl (C=O) groups is 1. The maximum Gasteiger partial charge on any atom is 0.257 e. The molecule has 1 aliphatic carbocycles. The van der Waals surface area contributed by atoms with Crippen LogP contribution in [0.2, 0.25) is 5.02 Å². The first kappa shape index (κ1) is 13.7. The lowest BCUT2D eigenvalue weighted by atomic mass is 9.91. The summed E-state index contributed by atoms with van der Waals surface area (Å²) in [6, 6.07) is 4.86. The van der Waals surface area contributed by atoms with E-state index >= 15 is 0 Å². The van der Waals surface area contributed by atoms with Gasteiger partial charge >= 0.3 is 0 Å². The Hall–Kier alpha value is -0.740. The Morgan fingerprint density at radius 1 is 1.50 bits per heavy atom. The number of rotatable bonds is 4. The van der Waals surface area contributed by atoms with E-state index in [4.69, 9.17) is 11.6 Å². The molecule has 5 heteroatoms. The van der Waals surface area contributed by atoms with Gasteiger partial charge in [-0.05, 0) is 37.5 Å². The largest absolute Gasteiger partial charge is 0.507 e. The number of benzene rings is 1. The highest BCUT2D eigenvalue weighted by Gasteiger charge is 2.30. The molecule has 0 spiro atoms. The normalized spacial score (nSPS) is 15.2. The molecule has 1 N–H and O–H groups in total. The molecule has 2 rings (SSSR count). The summed E-state index contributed by atoms with van der Waals surface area (Å²) in [5.41, 5.74) is 0.287. The lowest BCUT2D eigenvalue weighted by Gasteiger charge is -2.37. The molecule has 0 saturated heterocycles. The van der Waals surface area contributed by atoms with Crippen LogP contribution in [-0.4, -0.2) is 33.8 Å². The molecule has 1 aliphatic rings. The molecular formula is C13H15BrClNO2. The molecule has 18 heavy (non-hydrogen) atoms. The van der Waals surface area contributed by atoms with Gasteiger partial charge in [0.2, 0.25) is 0 Å². The number of aromatic hydroxyl groups is 1. The number of phenols is 1. The minimum Gasteiger partial charge on any atom is -0.507 e. The van der Waals surface area contributed by atoms with Crippen molar-refractivity contribution in [3.05, 3.63) is 28.8 Å². The quantitative estimate of drug-likeness (QED) is 0.858. The van der Waals surface area contributed by atoms with E-state index in [1.807, 2.05) is 4.90 Å². The summed E-state index contributed by atoms with van der Waals surface area (Å²) in [5.74, 6) is -0.151. The van der Waals surface area contributed by atoms with Gasteiger partial charge in [-0.2, -0.15) is 0 Å². The van der Waals surface area contributed by atoms with Crippen LogP contribution in [0.1, 0.15) is 29.6 Å². The van der Waals surface area contributed by atoms with Gasteiger partial charge in [0.1, 0.15) is 5.75 Å². The van der Waals surface area contributed by atoms with E-state index in [9.17, 15) is 9.90 Å². The van der Waals surface area contributed by atoms with Crippen molar-refractivity contribution >= 4 is 33.4 Å². The molecule has 98 valence electrons. The van der Waals surface area contributed by atoms with Crippen LogP contribution in [0.3, 0.4) is 0 Å². The van der Waals surface area contributed by atoms with Gasteiger partial charge < -0.3 is 10.0 Å². The van der Waals surface area contributed by atoms with Crippen LogP contribution in [0.15, 0.2) is 18.2 Å². The Morgan fingerprint density at radius 3 is 2.78 bits per heavy atom. The van der Waals surface area contributed by atoms with E-state index in [2.05, 4.69) is 15.9 Å². The van der Waals surface area contributed by atoms with Gasteiger partial charge in [-0.3, -0.25) is 4.79 Å². The molecule has 0 aromatic heterocycles. The van der Waals surface area contributed by atoms with Crippen LogP contribution in [0.5, 0.6) is 5.75 Å². The van der Waals surface area contributed by atoms with E-state index in [1.54, 1.807) is 6.07 Å². The van der Waals surface area contributed by atoms with E-state index in [-0.39, 0.29) is 17.2 Å². The lowest BCUT2D eigenvalue weighted by Crippen LogP contribution is -2.45. The van der Waals surface area contributed by atoms with Gasteiger partial charge in [0, 0.05) is 22.9 Å². The second kappa shape index (κ2) is 5.93. The second-order valence-corrected chi connectivity index (χ2v) is 5.66. The van der Waals surface area contributed by atoms with Crippen molar-refractivity contribution in [2.45, 2.75) is 25.3 Å². The number of hydrogen-bond donors (Lipinski definition) is 1. The summed E-state index contributed by atoms with van der Waals surface area (Å²) in [6.45, 7) is 0.648. The number of carbonyl (C=O) groups excluding carboxylic acids is 1. The Labute approximate surface area is 120 Å². The van der Waals surface area contributed by atoms with Crippen molar-refractivity contribution < 1.29 is 9.90 Å². The molecule has 0 aliphatic heterocycles. The van der Waals surface area contributed by atoms with Crippen molar-refractivity contribution in [1.82, 2.24) is 4.90 Å². The minimum atomic E-state index is -0.140. The third-order valence-corrected chi connectivity index (χ3v) is 3.88. The maximum atomic E-state index is 12.4. The van der Waals surface area contributed by atoms with Crippen LogP contribution in [0.4, 0.5) is 0 Å². The molecule has 1 fully saturated rings. The first-order valence-corrected chi connectivity index (χ1v) is 7.49. The van der Waals surface area contributed by atoms with Crippen LogP contribution >= 0.6 is 27.5 Å². The van der Waals surface area contributed by atoms with Crippen LogP contribution in [0, 0.1) is 0 Å². The van der Waals surface area contributed by atoms with Crippen molar-refractivity contribution in [3.63, 3.8) is 0 Å². The Morgan fingerprint density at radius 2 is 2.22 bits per heavy atom. The topological polar surface area (TPSA) is 40.5 Å². The molecule has 0 bridgehead atoms. The molecular weight excluding hydrogens is 318 g/mol. The van der Waals surface area contributed by atoms with Crippen LogP contribution in [0.25, 0.3) is 0 Å². The maximum absolute atomic E-state index is 12.4. The highest BCUT2D eigenvalue weighted by Crippen LogP contribution is 2.29. The molecule has 1 aromatic carbocycles. The van der Waals surface area contributed by atoms with E-state index in [0.29, 0.717) is 17.6 Å². The summed E-state index contributed by atoms with van der Waals surface area (Å²) in [6.07, 6.45) is 3.25. The average molecular weight is 333 g/mol. The van der Waals surface area contributed by atoms with Gasteiger partial charge in [0.05, 0.1) is 5.56 Å². The molecule has 1 aromatic rings. The number of hydrogen-bond acceptors (Lipinski definition) is 2. The second-order valence-electron chi connectivity index (χ2n) is 4.43. The smallest absolute Gasteiger partial charge is 0.257 e. The van der Waals surface area contributed by atoms with Crippen molar-refractivity contribution in [2.75, 3.05) is 11.9 Å². The van der Waals surface area contributed by atoms with Gasteiger partial charge in [0.25, 0.3) is 5.91 Å². The van der Waals surface area contributed by atoms with Crippen LogP contribution < -0.4 is 0 Å². The predicted molar refractivity (Wildman–Crippen MR) is 75.6 cm³/mol. The van der Waals surface area contributed by atoms with Gasteiger partial charge in [-0.1, -0.05) is 27.5 Å². The molecule has 0 heterocycles. The summed E-state index contributed by atoms with van der Waals surface area (Å²) < 4.78 is 0.